The Hall–Kier alpha value is -1.42. The van der Waals surface area contributed by atoms with Gasteiger partial charge in [-0.05, 0) is 24.5 Å². The molecule has 0 amide bonds. The zero-order chi connectivity index (χ0) is 11.5. The van der Waals surface area contributed by atoms with Gasteiger partial charge < -0.3 is 5.73 Å². The average molecular weight is 233 g/mol. The molecule has 2 N–H and O–H groups in total. The Morgan fingerprint density at radius 2 is 2.25 bits per heavy atom. The first-order valence-electron chi connectivity index (χ1n) is 5.38. The summed E-state index contributed by atoms with van der Waals surface area (Å²) >= 11 is 1.45. The van der Waals surface area contributed by atoms with Gasteiger partial charge in [-0.15, -0.1) is 11.3 Å². The molecule has 0 radical (unpaired) electrons. The number of hydrogen-bond acceptors (Lipinski definition) is 4. The maximum Gasteiger partial charge on any atom is 0.180 e. The fourth-order valence-electron chi connectivity index (χ4n) is 1.48. The van der Waals surface area contributed by atoms with Gasteiger partial charge in [0, 0.05) is 22.8 Å². The van der Waals surface area contributed by atoms with E-state index >= 15 is 0 Å². The minimum atomic E-state index is 0.509. The fraction of sp³-hybridized carbons (Fsp3) is 0.333. The lowest BCUT2D eigenvalue weighted by Gasteiger charge is -2.07. The minimum Gasteiger partial charge on any atom is -0.375 e. The van der Waals surface area contributed by atoms with E-state index in [4.69, 9.17) is 5.73 Å². The standard InChI is InChI=1S/C12H15N3S/c1-3-8(2)10-5-4-9(6-14-10)11-7-16-12(13)15-11/h4-8H,3H2,1-2H3,(H2,13,15)/t8-/m0/s1. The molecule has 0 aliphatic carbocycles. The third-order valence-corrected chi connectivity index (χ3v) is 3.40. The maximum absolute atomic E-state index is 5.60. The summed E-state index contributed by atoms with van der Waals surface area (Å²) in [5.74, 6) is 0.509. The summed E-state index contributed by atoms with van der Waals surface area (Å²) in [4.78, 5) is 8.69. The summed E-state index contributed by atoms with van der Waals surface area (Å²) in [5.41, 5.74) is 8.67. The van der Waals surface area contributed by atoms with Gasteiger partial charge >= 0.3 is 0 Å². The molecule has 0 aliphatic rings. The lowest BCUT2D eigenvalue weighted by atomic mass is 10.0. The highest BCUT2D eigenvalue weighted by molar-refractivity contribution is 7.13. The molecule has 2 aromatic rings. The van der Waals surface area contributed by atoms with Crippen LogP contribution in [0.15, 0.2) is 23.7 Å². The summed E-state index contributed by atoms with van der Waals surface area (Å²) in [6.45, 7) is 4.35. The van der Waals surface area contributed by atoms with E-state index in [-0.39, 0.29) is 0 Å². The van der Waals surface area contributed by atoms with Gasteiger partial charge in [-0.2, -0.15) is 0 Å². The van der Waals surface area contributed by atoms with Crippen LogP contribution in [0, 0.1) is 0 Å². The molecule has 0 aliphatic heterocycles. The van der Waals surface area contributed by atoms with E-state index in [1.165, 1.54) is 11.3 Å². The molecule has 4 heteroatoms. The molecular formula is C12H15N3S. The molecule has 0 unspecified atom stereocenters. The Balaban J connectivity index is 2.25. The first kappa shape index (κ1) is 11.1. The third kappa shape index (κ3) is 2.22. The SMILES string of the molecule is CC[C@H](C)c1ccc(-c2csc(N)n2)cn1. The van der Waals surface area contributed by atoms with Crippen molar-refractivity contribution < 1.29 is 0 Å². The molecule has 0 aromatic carbocycles. The number of nitrogens with two attached hydrogens (primary N) is 1. The van der Waals surface area contributed by atoms with Crippen molar-refractivity contribution >= 4 is 16.5 Å². The summed E-state index contributed by atoms with van der Waals surface area (Å²) in [7, 11) is 0. The number of aromatic nitrogens is 2. The fourth-order valence-corrected chi connectivity index (χ4v) is 2.05. The van der Waals surface area contributed by atoms with Crippen molar-refractivity contribution in [1.82, 2.24) is 9.97 Å². The van der Waals surface area contributed by atoms with Crippen LogP contribution in [-0.2, 0) is 0 Å². The van der Waals surface area contributed by atoms with Crippen molar-refractivity contribution in [2.75, 3.05) is 5.73 Å². The Kier molecular flexibility index (Phi) is 3.19. The van der Waals surface area contributed by atoms with E-state index < -0.39 is 0 Å². The van der Waals surface area contributed by atoms with Crippen molar-refractivity contribution in [2.24, 2.45) is 0 Å². The molecule has 0 bridgehead atoms. The van der Waals surface area contributed by atoms with Crippen molar-refractivity contribution in [3.8, 4) is 11.3 Å². The second-order valence-corrected chi connectivity index (χ2v) is 4.74. The van der Waals surface area contributed by atoms with Crippen LogP contribution in [0.4, 0.5) is 5.13 Å². The van der Waals surface area contributed by atoms with Crippen molar-refractivity contribution in [3.05, 3.63) is 29.4 Å². The van der Waals surface area contributed by atoms with E-state index in [1.807, 2.05) is 11.6 Å². The van der Waals surface area contributed by atoms with Crippen LogP contribution >= 0.6 is 11.3 Å². The molecular weight excluding hydrogens is 218 g/mol. The molecule has 0 spiro atoms. The Labute approximate surface area is 99.4 Å². The summed E-state index contributed by atoms with van der Waals surface area (Å²) < 4.78 is 0. The van der Waals surface area contributed by atoms with E-state index in [2.05, 4.69) is 35.9 Å². The van der Waals surface area contributed by atoms with Crippen LogP contribution in [0.5, 0.6) is 0 Å². The zero-order valence-electron chi connectivity index (χ0n) is 9.47. The molecule has 16 heavy (non-hydrogen) atoms. The van der Waals surface area contributed by atoms with Gasteiger partial charge in [0.25, 0.3) is 0 Å². The smallest absolute Gasteiger partial charge is 0.180 e. The highest BCUT2D eigenvalue weighted by Gasteiger charge is 2.06. The topological polar surface area (TPSA) is 51.8 Å². The van der Waals surface area contributed by atoms with Gasteiger partial charge in [0.2, 0.25) is 0 Å². The monoisotopic (exact) mass is 233 g/mol. The predicted octanol–water partition coefficient (Wildman–Crippen LogP) is 3.30. The Bertz CT molecular complexity index is 461. The second-order valence-electron chi connectivity index (χ2n) is 3.85. The summed E-state index contributed by atoms with van der Waals surface area (Å²) in [6, 6.07) is 4.13. The predicted molar refractivity (Wildman–Crippen MR) is 68.5 cm³/mol. The zero-order valence-corrected chi connectivity index (χ0v) is 10.3. The average Bonchev–Trinajstić information content (AvgIpc) is 2.75. The number of rotatable bonds is 3. The van der Waals surface area contributed by atoms with E-state index in [0.29, 0.717) is 11.0 Å². The van der Waals surface area contributed by atoms with Crippen LogP contribution in [-0.4, -0.2) is 9.97 Å². The number of nitrogen functional groups attached to an aromatic ring is 1. The van der Waals surface area contributed by atoms with Crippen LogP contribution in [0.3, 0.4) is 0 Å². The number of hydrogen-bond donors (Lipinski definition) is 1. The lowest BCUT2D eigenvalue weighted by Crippen LogP contribution is -1.95. The van der Waals surface area contributed by atoms with Crippen LogP contribution in [0.2, 0.25) is 0 Å². The quantitative estimate of drug-likeness (QED) is 0.885. The van der Waals surface area contributed by atoms with Gasteiger partial charge in [0.1, 0.15) is 0 Å². The number of pyridine rings is 1. The van der Waals surface area contributed by atoms with Gasteiger partial charge in [-0.3, -0.25) is 4.98 Å². The second kappa shape index (κ2) is 4.61. The molecule has 2 rings (SSSR count). The molecule has 0 saturated heterocycles. The first-order chi connectivity index (χ1) is 7.70. The highest BCUT2D eigenvalue weighted by Crippen LogP contribution is 2.24. The minimum absolute atomic E-state index is 0.509. The van der Waals surface area contributed by atoms with E-state index in [9.17, 15) is 0 Å². The summed E-state index contributed by atoms with van der Waals surface area (Å²) in [5, 5.41) is 2.55. The van der Waals surface area contributed by atoms with Gasteiger partial charge in [-0.25, -0.2) is 4.98 Å². The van der Waals surface area contributed by atoms with Crippen LogP contribution in [0.25, 0.3) is 11.3 Å². The number of thiazole rings is 1. The van der Waals surface area contributed by atoms with E-state index in [1.54, 1.807) is 0 Å². The van der Waals surface area contributed by atoms with E-state index in [0.717, 1.165) is 23.4 Å². The first-order valence-corrected chi connectivity index (χ1v) is 6.26. The molecule has 2 heterocycles. The molecule has 0 fully saturated rings. The molecule has 0 saturated carbocycles. The van der Waals surface area contributed by atoms with Gasteiger partial charge in [0.15, 0.2) is 5.13 Å². The molecule has 3 nitrogen and oxygen atoms in total. The Morgan fingerprint density at radius 3 is 2.75 bits per heavy atom. The van der Waals surface area contributed by atoms with Crippen LogP contribution in [0.1, 0.15) is 31.9 Å². The summed E-state index contributed by atoms with van der Waals surface area (Å²) in [6.07, 6.45) is 2.98. The van der Waals surface area contributed by atoms with Crippen molar-refractivity contribution in [2.45, 2.75) is 26.2 Å². The van der Waals surface area contributed by atoms with Gasteiger partial charge in [-0.1, -0.05) is 13.8 Å². The number of anilines is 1. The Morgan fingerprint density at radius 1 is 1.44 bits per heavy atom. The maximum atomic E-state index is 5.60. The normalized spacial score (nSPS) is 12.6. The van der Waals surface area contributed by atoms with Crippen molar-refractivity contribution in [3.63, 3.8) is 0 Å². The third-order valence-electron chi connectivity index (χ3n) is 2.72. The highest BCUT2D eigenvalue weighted by atomic mass is 32.1. The molecule has 1 atom stereocenters. The molecule has 2 aromatic heterocycles. The van der Waals surface area contributed by atoms with Crippen molar-refractivity contribution in [1.29, 1.82) is 0 Å². The van der Waals surface area contributed by atoms with Gasteiger partial charge in [0.05, 0.1) is 5.69 Å². The number of nitrogens with zero attached hydrogens (tertiary/aromatic N) is 2. The lowest BCUT2D eigenvalue weighted by molar-refractivity contribution is 0.708. The molecule has 84 valence electrons. The largest absolute Gasteiger partial charge is 0.375 e. The van der Waals surface area contributed by atoms with Crippen LogP contribution < -0.4 is 5.73 Å².